The Balaban J connectivity index is 1.38. The first kappa shape index (κ1) is 19.5. The molecule has 1 fully saturated rings. The SMILES string of the molecule is O=C(NCCSCc1ccc(Br)s1)C1CCCN(C(=O)c2ccoc2)C1. The number of hydrogen-bond donors (Lipinski definition) is 1. The average Bonchev–Trinajstić information content (AvgIpc) is 3.32. The van der Waals surface area contributed by atoms with E-state index in [-0.39, 0.29) is 17.7 Å². The van der Waals surface area contributed by atoms with Crippen molar-refractivity contribution < 1.29 is 14.0 Å². The van der Waals surface area contributed by atoms with Crippen molar-refractivity contribution in [1.29, 1.82) is 0 Å². The molecule has 0 aromatic carbocycles. The number of nitrogens with zero attached hydrogens (tertiary/aromatic N) is 1. The molecule has 3 heterocycles. The van der Waals surface area contributed by atoms with Gasteiger partial charge in [-0.1, -0.05) is 0 Å². The fourth-order valence-corrected chi connectivity index (χ4v) is 5.39. The highest BCUT2D eigenvalue weighted by Gasteiger charge is 2.29. The van der Waals surface area contributed by atoms with Gasteiger partial charge in [-0.05, 0) is 47.0 Å². The van der Waals surface area contributed by atoms with Gasteiger partial charge in [0.15, 0.2) is 0 Å². The number of furan rings is 1. The lowest BCUT2D eigenvalue weighted by atomic mass is 9.96. The first-order chi connectivity index (χ1) is 12.6. The maximum atomic E-state index is 12.4. The van der Waals surface area contributed by atoms with Crippen LogP contribution in [0.3, 0.4) is 0 Å². The Hall–Kier alpha value is -1.25. The summed E-state index contributed by atoms with van der Waals surface area (Å²) in [5, 5.41) is 3.02. The number of carbonyl (C=O) groups is 2. The molecule has 2 aromatic rings. The minimum atomic E-state index is -0.127. The highest BCUT2D eigenvalue weighted by molar-refractivity contribution is 9.11. The van der Waals surface area contributed by atoms with Gasteiger partial charge in [-0.2, -0.15) is 11.8 Å². The minimum absolute atomic E-state index is 0.0501. The van der Waals surface area contributed by atoms with Gasteiger partial charge in [-0.25, -0.2) is 0 Å². The number of likely N-dealkylation sites (tertiary alicyclic amines) is 1. The summed E-state index contributed by atoms with van der Waals surface area (Å²) in [5.74, 6) is 1.70. The van der Waals surface area contributed by atoms with Gasteiger partial charge in [0.2, 0.25) is 5.91 Å². The number of hydrogen-bond acceptors (Lipinski definition) is 5. The van der Waals surface area contributed by atoms with Crippen molar-refractivity contribution in [3.05, 3.63) is 45.0 Å². The number of halogens is 1. The van der Waals surface area contributed by atoms with Gasteiger partial charge >= 0.3 is 0 Å². The number of thiophene rings is 1. The van der Waals surface area contributed by atoms with Gasteiger partial charge in [0.05, 0.1) is 21.5 Å². The molecule has 26 heavy (non-hydrogen) atoms. The van der Waals surface area contributed by atoms with E-state index >= 15 is 0 Å². The Bertz CT molecular complexity index is 733. The second kappa shape index (κ2) is 9.62. The maximum absolute atomic E-state index is 12.4. The molecule has 0 radical (unpaired) electrons. The molecule has 8 heteroatoms. The Morgan fingerprint density at radius 3 is 3.00 bits per heavy atom. The molecule has 5 nitrogen and oxygen atoms in total. The summed E-state index contributed by atoms with van der Waals surface area (Å²) in [6.07, 6.45) is 4.63. The number of nitrogens with one attached hydrogen (secondary N) is 1. The third kappa shape index (κ3) is 5.37. The Labute approximate surface area is 169 Å². The lowest BCUT2D eigenvalue weighted by Crippen LogP contribution is -2.45. The van der Waals surface area contributed by atoms with Crippen molar-refractivity contribution in [1.82, 2.24) is 10.2 Å². The van der Waals surface area contributed by atoms with E-state index < -0.39 is 0 Å². The second-order valence-electron chi connectivity index (χ2n) is 6.15. The molecule has 1 aliphatic rings. The van der Waals surface area contributed by atoms with Gasteiger partial charge in [0.1, 0.15) is 6.26 Å². The standard InChI is InChI=1S/C18H21BrN2O3S2/c19-16-4-3-15(26-16)12-25-9-6-20-17(22)13-2-1-7-21(10-13)18(23)14-5-8-24-11-14/h3-5,8,11,13H,1-2,6-7,9-10,12H2,(H,20,22). The first-order valence-corrected chi connectivity index (χ1v) is 11.3. The van der Waals surface area contributed by atoms with Crippen molar-refractivity contribution >= 4 is 50.8 Å². The predicted molar refractivity (Wildman–Crippen MR) is 109 cm³/mol. The summed E-state index contributed by atoms with van der Waals surface area (Å²) in [6, 6.07) is 5.84. The molecule has 1 saturated heterocycles. The van der Waals surface area contributed by atoms with Crippen LogP contribution in [0.25, 0.3) is 0 Å². The molecule has 1 aliphatic heterocycles. The van der Waals surface area contributed by atoms with Crippen LogP contribution >= 0.6 is 39.0 Å². The summed E-state index contributed by atoms with van der Waals surface area (Å²) in [7, 11) is 0. The van der Waals surface area contributed by atoms with Crippen LogP contribution in [-0.2, 0) is 10.5 Å². The molecular formula is C18H21BrN2O3S2. The minimum Gasteiger partial charge on any atom is -0.472 e. The number of piperidine rings is 1. The van der Waals surface area contributed by atoms with Crippen LogP contribution in [0.2, 0.25) is 0 Å². The third-order valence-electron chi connectivity index (χ3n) is 4.27. The molecule has 0 spiro atoms. The Morgan fingerprint density at radius 1 is 1.38 bits per heavy atom. The van der Waals surface area contributed by atoms with Gasteiger partial charge < -0.3 is 14.6 Å². The zero-order valence-corrected chi connectivity index (χ0v) is 17.5. The molecule has 2 amide bonds. The van der Waals surface area contributed by atoms with Crippen LogP contribution < -0.4 is 5.32 Å². The van der Waals surface area contributed by atoms with Crippen LogP contribution in [0, 0.1) is 5.92 Å². The quantitative estimate of drug-likeness (QED) is 0.639. The average molecular weight is 457 g/mol. The number of thioether (sulfide) groups is 1. The summed E-state index contributed by atoms with van der Waals surface area (Å²) < 4.78 is 6.13. The van der Waals surface area contributed by atoms with Gasteiger partial charge in [-0.15, -0.1) is 11.3 Å². The normalized spacial score (nSPS) is 17.3. The lowest BCUT2D eigenvalue weighted by molar-refractivity contribution is -0.126. The highest BCUT2D eigenvalue weighted by atomic mass is 79.9. The van der Waals surface area contributed by atoms with E-state index in [2.05, 4.69) is 33.4 Å². The predicted octanol–water partition coefficient (Wildman–Crippen LogP) is 4.01. The summed E-state index contributed by atoms with van der Waals surface area (Å²) in [5.41, 5.74) is 0.544. The zero-order valence-electron chi connectivity index (χ0n) is 14.3. The molecule has 1 atom stereocenters. The Kier molecular flexibility index (Phi) is 7.22. The molecule has 140 valence electrons. The number of rotatable bonds is 7. The first-order valence-electron chi connectivity index (χ1n) is 8.54. The van der Waals surface area contributed by atoms with Crippen LogP contribution in [0.15, 0.2) is 38.9 Å². The van der Waals surface area contributed by atoms with Gasteiger partial charge in [-0.3, -0.25) is 9.59 Å². The zero-order chi connectivity index (χ0) is 18.4. The van der Waals surface area contributed by atoms with Crippen LogP contribution in [0.4, 0.5) is 0 Å². The van der Waals surface area contributed by atoms with Crippen LogP contribution in [0.1, 0.15) is 28.1 Å². The maximum Gasteiger partial charge on any atom is 0.257 e. The smallest absolute Gasteiger partial charge is 0.257 e. The van der Waals surface area contributed by atoms with Crippen LogP contribution in [0.5, 0.6) is 0 Å². The number of carbonyl (C=O) groups excluding carboxylic acids is 2. The highest BCUT2D eigenvalue weighted by Crippen LogP contribution is 2.25. The van der Waals surface area contributed by atoms with Crippen molar-refractivity contribution in [3.63, 3.8) is 0 Å². The van der Waals surface area contributed by atoms with E-state index in [9.17, 15) is 9.59 Å². The van der Waals surface area contributed by atoms with Gasteiger partial charge in [0, 0.05) is 36.0 Å². The summed E-state index contributed by atoms with van der Waals surface area (Å²) >= 11 is 7.02. The van der Waals surface area contributed by atoms with E-state index in [1.54, 1.807) is 22.3 Å². The molecule has 0 bridgehead atoms. The topological polar surface area (TPSA) is 62.6 Å². The largest absolute Gasteiger partial charge is 0.472 e. The van der Waals surface area contributed by atoms with Crippen molar-refractivity contribution in [3.8, 4) is 0 Å². The van der Waals surface area contributed by atoms with E-state index in [0.717, 1.165) is 28.1 Å². The number of amides is 2. The van der Waals surface area contributed by atoms with Crippen molar-refractivity contribution in [2.75, 3.05) is 25.4 Å². The fourth-order valence-electron chi connectivity index (χ4n) is 2.94. The second-order valence-corrected chi connectivity index (χ2v) is 9.80. The molecule has 2 aromatic heterocycles. The lowest BCUT2D eigenvalue weighted by Gasteiger charge is -2.31. The molecule has 3 rings (SSSR count). The Morgan fingerprint density at radius 2 is 2.27 bits per heavy atom. The molecular weight excluding hydrogens is 436 g/mol. The van der Waals surface area contributed by atoms with Crippen molar-refractivity contribution in [2.45, 2.75) is 18.6 Å². The molecule has 0 saturated carbocycles. The third-order valence-corrected chi connectivity index (χ3v) is 7.08. The fraction of sp³-hybridized carbons (Fsp3) is 0.444. The van der Waals surface area contributed by atoms with Crippen molar-refractivity contribution in [2.24, 2.45) is 5.92 Å². The van der Waals surface area contributed by atoms with Crippen LogP contribution in [-0.4, -0.2) is 42.1 Å². The van der Waals surface area contributed by atoms with E-state index in [4.69, 9.17) is 4.42 Å². The summed E-state index contributed by atoms with van der Waals surface area (Å²) in [4.78, 5) is 27.9. The molecule has 0 aliphatic carbocycles. The van der Waals surface area contributed by atoms with E-state index in [1.807, 2.05) is 11.8 Å². The molecule has 1 unspecified atom stereocenters. The monoisotopic (exact) mass is 456 g/mol. The van der Waals surface area contributed by atoms with E-state index in [1.165, 1.54) is 17.4 Å². The van der Waals surface area contributed by atoms with Gasteiger partial charge in [0.25, 0.3) is 5.91 Å². The molecule has 1 N–H and O–H groups in total. The summed E-state index contributed by atoms with van der Waals surface area (Å²) in [6.45, 7) is 1.83. The van der Waals surface area contributed by atoms with E-state index in [0.29, 0.717) is 25.2 Å².